The van der Waals surface area contributed by atoms with Gasteiger partial charge in [-0.2, -0.15) is 5.10 Å². The molecule has 3 heterocycles. The lowest BCUT2D eigenvalue weighted by Crippen LogP contribution is -2.47. The highest BCUT2D eigenvalue weighted by molar-refractivity contribution is 6.31. The molecule has 2 aromatic rings. The van der Waals surface area contributed by atoms with Crippen molar-refractivity contribution in [1.82, 2.24) is 14.7 Å². The van der Waals surface area contributed by atoms with E-state index in [0.717, 1.165) is 24.2 Å². The van der Waals surface area contributed by atoms with Crippen LogP contribution in [-0.2, 0) is 6.54 Å². The number of nitrogens with zero attached hydrogens (tertiary/aromatic N) is 3. The van der Waals surface area contributed by atoms with Crippen molar-refractivity contribution in [1.29, 1.82) is 0 Å². The first kappa shape index (κ1) is 17.1. The highest BCUT2D eigenvalue weighted by Gasteiger charge is 2.31. The van der Waals surface area contributed by atoms with Crippen LogP contribution in [-0.4, -0.2) is 32.7 Å². The fourth-order valence-electron chi connectivity index (χ4n) is 3.50. The van der Waals surface area contributed by atoms with Gasteiger partial charge in [-0.05, 0) is 59.1 Å². The van der Waals surface area contributed by atoms with Crippen molar-refractivity contribution in [3.05, 3.63) is 40.1 Å². The van der Waals surface area contributed by atoms with Crippen molar-refractivity contribution in [2.24, 2.45) is 0 Å². The number of furan rings is 1. The number of rotatable bonds is 3. The molecule has 1 fully saturated rings. The third-order valence-electron chi connectivity index (χ3n) is 4.90. The molecule has 0 spiro atoms. The number of likely N-dealkylation sites (tertiary alicyclic amines) is 1. The van der Waals surface area contributed by atoms with Gasteiger partial charge in [0.1, 0.15) is 5.76 Å². The Balaban J connectivity index is 1.77. The van der Waals surface area contributed by atoms with Crippen molar-refractivity contribution in [3.63, 3.8) is 0 Å². The number of carbonyl (C=O) groups is 1. The van der Waals surface area contributed by atoms with E-state index in [0.29, 0.717) is 23.1 Å². The zero-order chi connectivity index (χ0) is 17.4. The minimum atomic E-state index is -0.0210. The predicted molar refractivity (Wildman–Crippen MR) is 93.5 cm³/mol. The number of aromatic nitrogens is 2. The predicted octanol–water partition coefficient (Wildman–Crippen LogP) is 4.20. The normalized spacial score (nSPS) is 21.3. The Morgan fingerprint density at radius 3 is 2.54 bits per heavy atom. The van der Waals surface area contributed by atoms with Gasteiger partial charge < -0.3 is 9.32 Å². The fraction of sp³-hybridized carbons (Fsp3) is 0.556. The molecule has 24 heavy (non-hydrogen) atoms. The van der Waals surface area contributed by atoms with Crippen molar-refractivity contribution in [2.45, 2.75) is 65.6 Å². The number of aryl methyl sites for hydroxylation is 1. The third kappa shape index (κ3) is 3.09. The van der Waals surface area contributed by atoms with Crippen molar-refractivity contribution < 1.29 is 9.21 Å². The SMILES string of the molecule is Cc1nn(Cc2ccc(C(=O)N3[C@H](C)CCC[C@H]3C)o2)c(C)c1Cl. The van der Waals surface area contributed by atoms with Crippen LogP contribution in [0.25, 0.3) is 0 Å². The molecule has 0 unspecified atom stereocenters. The van der Waals surface area contributed by atoms with E-state index in [2.05, 4.69) is 18.9 Å². The van der Waals surface area contributed by atoms with E-state index in [9.17, 15) is 4.79 Å². The number of hydrogen-bond acceptors (Lipinski definition) is 3. The van der Waals surface area contributed by atoms with E-state index in [1.165, 1.54) is 6.42 Å². The molecule has 0 N–H and O–H groups in total. The average molecular weight is 350 g/mol. The fourth-order valence-corrected chi connectivity index (χ4v) is 3.64. The summed E-state index contributed by atoms with van der Waals surface area (Å²) in [5, 5.41) is 5.08. The molecule has 0 saturated carbocycles. The Morgan fingerprint density at radius 2 is 1.96 bits per heavy atom. The van der Waals surface area contributed by atoms with E-state index in [4.69, 9.17) is 16.0 Å². The van der Waals surface area contributed by atoms with Gasteiger partial charge in [-0.15, -0.1) is 0 Å². The Hall–Kier alpha value is -1.75. The molecule has 1 aliphatic heterocycles. The van der Waals surface area contributed by atoms with E-state index in [1.807, 2.05) is 24.8 Å². The molecule has 1 amide bonds. The zero-order valence-corrected chi connectivity index (χ0v) is 15.4. The molecule has 0 aromatic carbocycles. The number of halogens is 1. The summed E-state index contributed by atoms with van der Waals surface area (Å²) in [5.41, 5.74) is 1.70. The first-order valence-electron chi connectivity index (χ1n) is 8.49. The Kier molecular flexibility index (Phi) is 4.72. The van der Waals surface area contributed by atoms with E-state index in [-0.39, 0.29) is 18.0 Å². The van der Waals surface area contributed by atoms with Gasteiger partial charge in [0.2, 0.25) is 0 Å². The Bertz CT molecular complexity index is 740. The Labute approximate surface area is 147 Å². The average Bonchev–Trinajstić information content (AvgIpc) is 3.09. The number of hydrogen-bond donors (Lipinski definition) is 0. The summed E-state index contributed by atoms with van der Waals surface area (Å²) in [6.45, 7) is 8.48. The summed E-state index contributed by atoms with van der Waals surface area (Å²) >= 11 is 6.18. The molecule has 5 nitrogen and oxygen atoms in total. The molecule has 0 bridgehead atoms. The maximum Gasteiger partial charge on any atom is 0.290 e. The molecule has 1 aliphatic rings. The molecule has 2 atom stereocenters. The summed E-state index contributed by atoms with van der Waals surface area (Å²) < 4.78 is 7.61. The zero-order valence-electron chi connectivity index (χ0n) is 14.7. The lowest BCUT2D eigenvalue weighted by Gasteiger charge is -2.38. The molecular weight excluding hydrogens is 326 g/mol. The number of carbonyl (C=O) groups excluding carboxylic acids is 1. The third-order valence-corrected chi connectivity index (χ3v) is 5.45. The summed E-state index contributed by atoms with van der Waals surface area (Å²) in [7, 11) is 0. The number of amides is 1. The van der Waals surface area contributed by atoms with Gasteiger partial charge in [0.15, 0.2) is 5.76 Å². The highest BCUT2D eigenvalue weighted by Crippen LogP contribution is 2.26. The van der Waals surface area contributed by atoms with Crippen molar-refractivity contribution in [2.75, 3.05) is 0 Å². The van der Waals surface area contributed by atoms with Gasteiger partial charge in [-0.3, -0.25) is 9.48 Å². The second-order valence-corrected chi connectivity index (χ2v) is 7.13. The van der Waals surface area contributed by atoms with Gasteiger partial charge in [0.25, 0.3) is 5.91 Å². The molecule has 0 aliphatic carbocycles. The van der Waals surface area contributed by atoms with Gasteiger partial charge in [-0.1, -0.05) is 11.6 Å². The highest BCUT2D eigenvalue weighted by atomic mass is 35.5. The summed E-state index contributed by atoms with van der Waals surface area (Å²) in [6.07, 6.45) is 3.27. The molecule has 0 radical (unpaired) electrons. The van der Waals surface area contributed by atoms with Gasteiger partial charge in [0, 0.05) is 12.1 Å². The maximum absolute atomic E-state index is 12.8. The standard InChI is InChI=1S/C18H24ClN3O2/c1-11-6-5-7-12(2)22(11)18(23)16-9-8-15(24-16)10-21-14(4)17(19)13(3)20-21/h8-9,11-12H,5-7,10H2,1-4H3/t11-,12-/m1/s1. The minimum absolute atomic E-state index is 0.0210. The van der Waals surface area contributed by atoms with Gasteiger partial charge >= 0.3 is 0 Å². The molecule has 130 valence electrons. The van der Waals surface area contributed by atoms with Crippen LogP contribution in [0, 0.1) is 13.8 Å². The largest absolute Gasteiger partial charge is 0.454 e. The topological polar surface area (TPSA) is 51.3 Å². The maximum atomic E-state index is 12.8. The van der Waals surface area contributed by atoms with Crippen LogP contribution >= 0.6 is 11.6 Å². The van der Waals surface area contributed by atoms with E-state index < -0.39 is 0 Å². The molecule has 6 heteroatoms. The summed E-state index contributed by atoms with van der Waals surface area (Å²) in [5.74, 6) is 1.09. The van der Waals surface area contributed by atoms with Crippen LogP contribution in [0.2, 0.25) is 5.02 Å². The van der Waals surface area contributed by atoms with Crippen LogP contribution in [0.1, 0.15) is 60.8 Å². The lowest BCUT2D eigenvalue weighted by molar-refractivity contribution is 0.0476. The second-order valence-electron chi connectivity index (χ2n) is 6.75. The smallest absolute Gasteiger partial charge is 0.290 e. The molecule has 2 aromatic heterocycles. The van der Waals surface area contributed by atoms with E-state index >= 15 is 0 Å². The summed E-state index contributed by atoms with van der Waals surface area (Å²) in [6, 6.07) is 4.12. The molecule has 3 rings (SSSR count). The van der Waals surface area contributed by atoms with Crippen LogP contribution in [0.3, 0.4) is 0 Å². The van der Waals surface area contributed by atoms with Gasteiger partial charge in [-0.25, -0.2) is 0 Å². The van der Waals surface area contributed by atoms with Crippen LogP contribution in [0.15, 0.2) is 16.5 Å². The minimum Gasteiger partial charge on any atom is -0.454 e. The quantitative estimate of drug-likeness (QED) is 0.834. The Morgan fingerprint density at radius 1 is 1.29 bits per heavy atom. The van der Waals surface area contributed by atoms with Crippen LogP contribution in [0.4, 0.5) is 0 Å². The first-order chi connectivity index (χ1) is 11.4. The van der Waals surface area contributed by atoms with Crippen LogP contribution < -0.4 is 0 Å². The van der Waals surface area contributed by atoms with E-state index in [1.54, 1.807) is 10.7 Å². The van der Waals surface area contributed by atoms with Crippen LogP contribution in [0.5, 0.6) is 0 Å². The number of piperidine rings is 1. The molecule has 1 saturated heterocycles. The van der Waals surface area contributed by atoms with Crippen molar-refractivity contribution >= 4 is 17.5 Å². The second kappa shape index (κ2) is 6.63. The molecular formula is C18H24ClN3O2. The lowest BCUT2D eigenvalue weighted by atomic mass is 9.97. The van der Waals surface area contributed by atoms with Crippen molar-refractivity contribution in [3.8, 4) is 0 Å². The monoisotopic (exact) mass is 349 g/mol. The first-order valence-corrected chi connectivity index (χ1v) is 8.87. The summed E-state index contributed by atoms with van der Waals surface area (Å²) in [4.78, 5) is 14.8. The van der Waals surface area contributed by atoms with Gasteiger partial charge in [0.05, 0.1) is 23.0 Å².